The van der Waals surface area contributed by atoms with E-state index in [-0.39, 0.29) is 28.6 Å². The van der Waals surface area contributed by atoms with Gasteiger partial charge in [0.2, 0.25) is 5.95 Å². The lowest BCUT2D eigenvalue weighted by atomic mass is 10.4. The van der Waals surface area contributed by atoms with Crippen molar-refractivity contribution in [3.05, 3.63) is 35.9 Å². The summed E-state index contributed by atoms with van der Waals surface area (Å²) in [6, 6.07) is 2.38. The number of nitrogens with one attached hydrogen (secondary N) is 1. The molecule has 7 nitrogen and oxygen atoms in total. The predicted octanol–water partition coefficient (Wildman–Crippen LogP) is 1.46. The molecule has 20 heavy (non-hydrogen) atoms. The van der Waals surface area contributed by atoms with Crippen LogP contribution in [0.2, 0.25) is 0 Å². The molecule has 0 fully saturated rings. The van der Waals surface area contributed by atoms with E-state index in [0.29, 0.717) is 0 Å². The van der Waals surface area contributed by atoms with Crippen molar-refractivity contribution < 1.29 is 23.1 Å². The zero-order valence-corrected chi connectivity index (χ0v) is 9.79. The molecule has 0 atom stereocenters. The van der Waals surface area contributed by atoms with Gasteiger partial charge in [0, 0.05) is 12.4 Å². The zero-order valence-electron chi connectivity index (χ0n) is 9.79. The molecule has 2 aromatic rings. The van der Waals surface area contributed by atoms with E-state index in [1.807, 2.05) is 0 Å². The minimum atomic E-state index is -4.57. The van der Waals surface area contributed by atoms with Crippen molar-refractivity contribution in [2.24, 2.45) is 0 Å². The van der Waals surface area contributed by atoms with E-state index in [0.717, 1.165) is 6.20 Å². The number of halogens is 3. The van der Waals surface area contributed by atoms with Gasteiger partial charge in [-0.25, -0.2) is 14.8 Å². The smallest absolute Gasteiger partial charge is 0.477 e. The molecule has 0 saturated carbocycles. The maximum atomic E-state index is 12.3. The van der Waals surface area contributed by atoms with Gasteiger partial charge in [-0.1, -0.05) is 0 Å². The van der Waals surface area contributed by atoms with E-state index >= 15 is 0 Å². The van der Waals surface area contributed by atoms with Crippen molar-refractivity contribution >= 4 is 11.9 Å². The Kier molecular flexibility index (Phi) is 3.55. The Morgan fingerprint density at radius 1 is 1.40 bits per heavy atom. The third kappa shape index (κ3) is 3.22. The van der Waals surface area contributed by atoms with Crippen molar-refractivity contribution in [1.82, 2.24) is 19.7 Å². The van der Waals surface area contributed by atoms with Crippen LogP contribution in [0, 0.1) is 0 Å². The number of anilines is 1. The van der Waals surface area contributed by atoms with Crippen LogP contribution >= 0.6 is 0 Å². The molecule has 2 N–H and O–H groups in total. The van der Waals surface area contributed by atoms with Gasteiger partial charge >= 0.3 is 12.3 Å². The Morgan fingerprint density at radius 3 is 2.75 bits per heavy atom. The summed E-state index contributed by atoms with van der Waals surface area (Å²) >= 11 is 0. The van der Waals surface area contributed by atoms with Crippen LogP contribution in [0.15, 0.2) is 24.5 Å². The van der Waals surface area contributed by atoms with Gasteiger partial charge in [-0.15, -0.1) is 13.2 Å². The van der Waals surface area contributed by atoms with E-state index in [1.54, 1.807) is 0 Å². The summed E-state index contributed by atoms with van der Waals surface area (Å²) in [5.41, 5.74) is -0.102. The largest absolute Gasteiger partial charge is 0.504 e. The van der Waals surface area contributed by atoms with Crippen molar-refractivity contribution in [3.8, 4) is 0 Å². The molecule has 0 aromatic carbocycles. The molecular formula is C10H8F3N5O2. The molecule has 0 saturated heterocycles. The van der Waals surface area contributed by atoms with Crippen LogP contribution in [0.25, 0.3) is 0 Å². The first-order valence-electron chi connectivity index (χ1n) is 5.28. The highest BCUT2D eigenvalue weighted by Crippen LogP contribution is 2.20. The number of carboxylic acid groups (broad SMARTS) is 1. The van der Waals surface area contributed by atoms with Gasteiger partial charge in [0.25, 0.3) is 0 Å². The number of alkyl halides is 3. The van der Waals surface area contributed by atoms with Gasteiger partial charge in [0.15, 0.2) is 5.69 Å². The molecule has 0 unspecified atom stereocenters. The molecule has 0 amide bonds. The molecule has 10 heteroatoms. The third-order valence-corrected chi connectivity index (χ3v) is 2.21. The summed E-state index contributed by atoms with van der Waals surface area (Å²) in [4.78, 5) is 18.1. The van der Waals surface area contributed by atoms with Crippen LogP contribution in [-0.4, -0.2) is 30.8 Å². The molecule has 2 heterocycles. The monoisotopic (exact) mass is 287 g/mol. The van der Waals surface area contributed by atoms with Gasteiger partial charge in [-0.3, -0.25) is 0 Å². The van der Waals surface area contributed by atoms with Gasteiger partial charge in [0.1, 0.15) is 0 Å². The Bertz CT molecular complexity index is 625. The molecule has 0 spiro atoms. The van der Waals surface area contributed by atoms with Crippen molar-refractivity contribution in [3.63, 3.8) is 0 Å². The first-order valence-corrected chi connectivity index (χ1v) is 5.28. The fourth-order valence-electron chi connectivity index (χ4n) is 1.33. The number of hydrogen-bond acceptors (Lipinski definition) is 5. The molecule has 2 rings (SSSR count). The summed E-state index contributed by atoms with van der Waals surface area (Å²) in [5.74, 6) is -1.23. The summed E-state index contributed by atoms with van der Waals surface area (Å²) in [7, 11) is 0. The predicted molar refractivity (Wildman–Crippen MR) is 59.8 cm³/mol. The maximum absolute atomic E-state index is 12.3. The quantitative estimate of drug-likeness (QED) is 0.884. The van der Waals surface area contributed by atoms with E-state index in [2.05, 4.69) is 20.4 Å². The topological polar surface area (TPSA) is 92.9 Å². The average Bonchev–Trinajstić information content (AvgIpc) is 2.85. The minimum absolute atomic E-state index is 0.00791. The van der Waals surface area contributed by atoms with Crippen LogP contribution in [0.5, 0.6) is 0 Å². The molecule has 0 aliphatic heterocycles. The fraction of sp³-hybridized carbons (Fsp3) is 0.200. The highest BCUT2D eigenvalue weighted by Gasteiger charge is 2.31. The third-order valence-electron chi connectivity index (χ3n) is 2.21. The van der Waals surface area contributed by atoms with E-state index in [4.69, 9.17) is 5.11 Å². The Labute approximate surface area is 110 Å². The molecule has 106 valence electrons. The highest BCUT2D eigenvalue weighted by atomic mass is 19.4. The minimum Gasteiger partial charge on any atom is -0.477 e. The lowest BCUT2D eigenvalue weighted by Gasteiger charge is -2.05. The number of nitrogens with zero attached hydrogens (tertiary/aromatic N) is 4. The van der Waals surface area contributed by atoms with Crippen molar-refractivity contribution in [2.45, 2.75) is 12.8 Å². The van der Waals surface area contributed by atoms with E-state index < -0.39 is 12.3 Å². The molecule has 0 aliphatic carbocycles. The van der Waals surface area contributed by atoms with Crippen LogP contribution in [0.1, 0.15) is 16.2 Å². The number of hydrogen-bond donors (Lipinski definition) is 2. The summed E-state index contributed by atoms with van der Waals surface area (Å²) < 4.78 is 36.8. The number of aromatic nitrogens is 4. The maximum Gasteiger partial charge on any atom is 0.504 e. The molecule has 0 radical (unpaired) electrons. The van der Waals surface area contributed by atoms with Crippen LogP contribution in [-0.2, 0) is 12.8 Å². The normalized spacial score (nSPS) is 11.3. The number of aromatic carboxylic acids is 1. The average molecular weight is 287 g/mol. The first kappa shape index (κ1) is 13.8. The first-order chi connectivity index (χ1) is 9.36. The summed E-state index contributed by atoms with van der Waals surface area (Å²) in [6.07, 6.45) is -2.56. The Balaban J connectivity index is 2.04. The molecule has 0 aliphatic rings. The van der Waals surface area contributed by atoms with Crippen molar-refractivity contribution in [1.29, 1.82) is 0 Å². The number of rotatable bonds is 4. The second-order valence-corrected chi connectivity index (χ2v) is 3.64. The standard InChI is InChI=1S/C10H8F3N5O2/c11-10(12,13)18-4-2-6(17-18)5-15-9-14-3-1-7(16-9)8(19)20/h1-4H,5H2,(H,19,20)(H,14,15,16). The fourth-order valence-corrected chi connectivity index (χ4v) is 1.33. The zero-order chi connectivity index (χ0) is 14.8. The molecular weight excluding hydrogens is 279 g/mol. The molecule has 0 bridgehead atoms. The lowest BCUT2D eigenvalue weighted by Crippen LogP contribution is -2.17. The van der Waals surface area contributed by atoms with Crippen molar-refractivity contribution in [2.75, 3.05) is 5.32 Å². The number of carboxylic acids is 1. The SMILES string of the molecule is O=C(O)c1ccnc(NCc2ccn(C(F)(F)F)n2)n1. The second kappa shape index (κ2) is 5.15. The lowest BCUT2D eigenvalue weighted by molar-refractivity contribution is -0.212. The summed E-state index contributed by atoms with van der Waals surface area (Å²) in [5, 5.41) is 14.6. The van der Waals surface area contributed by atoms with Gasteiger partial charge in [-0.2, -0.15) is 9.78 Å². The summed E-state index contributed by atoms with van der Waals surface area (Å²) in [6.45, 7) is -0.0633. The van der Waals surface area contributed by atoms with Crippen LogP contribution in [0.4, 0.5) is 19.1 Å². The van der Waals surface area contributed by atoms with Crippen LogP contribution in [0.3, 0.4) is 0 Å². The van der Waals surface area contributed by atoms with E-state index in [9.17, 15) is 18.0 Å². The second-order valence-electron chi connectivity index (χ2n) is 3.64. The highest BCUT2D eigenvalue weighted by molar-refractivity contribution is 5.85. The molecule has 2 aromatic heterocycles. The van der Waals surface area contributed by atoms with Gasteiger partial charge < -0.3 is 10.4 Å². The Morgan fingerprint density at radius 2 is 2.15 bits per heavy atom. The van der Waals surface area contributed by atoms with Gasteiger partial charge in [0.05, 0.1) is 12.2 Å². The number of carbonyl (C=O) groups is 1. The van der Waals surface area contributed by atoms with Crippen LogP contribution < -0.4 is 5.32 Å². The van der Waals surface area contributed by atoms with E-state index in [1.165, 1.54) is 18.3 Å². The Hall–Kier alpha value is -2.65. The van der Waals surface area contributed by atoms with Gasteiger partial charge in [-0.05, 0) is 12.1 Å².